The van der Waals surface area contributed by atoms with Gasteiger partial charge in [-0.15, -0.1) is 0 Å². The van der Waals surface area contributed by atoms with Crippen LogP contribution in [0, 0.1) is 0 Å². The summed E-state index contributed by atoms with van der Waals surface area (Å²) in [6.07, 6.45) is 3.39. The largest absolute Gasteiger partial charge is 0.488 e. The molecule has 13 heteroatoms. The third kappa shape index (κ3) is 7.67. The monoisotopic (exact) mass is 563 g/mol. The quantitative estimate of drug-likeness (QED) is 0.337. The van der Waals surface area contributed by atoms with E-state index in [9.17, 15) is 17.8 Å². The molecule has 3 aromatic rings. The molecule has 1 N–H and O–H groups in total. The van der Waals surface area contributed by atoms with Gasteiger partial charge in [-0.2, -0.15) is 5.10 Å². The minimum atomic E-state index is -3.34. The van der Waals surface area contributed by atoms with E-state index >= 15 is 0 Å². The van der Waals surface area contributed by atoms with Gasteiger partial charge >= 0.3 is 0 Å². The Morgan fingerprint density at radius 3 is 2.55 bits per heavy atom. The van der Waals surface area contributed by atoms with Crippen LogP contribution in [0.5, 0.6) is 17.2 Å². The number of sulfone groups is 1. The Balaban J connectivity index is 1.54. The second-order valence-corrected chi connectivity index (χ2v) is 13.5. The number of hydrogen-bond acceptors (Lipinski definition) is 9. The van der Waals surface area contributed by atoms with Crippen LogP contribution < -0.4 is 14.8 Å². The number of amides is 1. The zero-order valence-corrected chi connectivity index (χ0v) is 23.0. The lowest BCUT2D eigenvalue weighted by Gasteiger charge is -2.15. The van der Waals surface area contributed by atoms with E-state index in [0.717, 1.165) is 12.7 Å². The zero-order chi connectivity index (χ0) is 27.3. The highest BCUT2D eigenvalue weighted by atomic mass is 32.2. The molecule has 4 rings (SSSR count). The van der Waals surface area contributed by atoms with E-state index in [-0.39, 0.29) is 28.7 Å². The van der Waals surface area contributed by atoms with Gasteiger partial charge in [-0.1, -0.05) is 0 Å². The molecule has 0 aliphatic carbocycles. The topological polar surface area (TPSA) is 135 Å². The molecular weight excluding hydrogens is 533 g/mol. The first-order valence-corrected chi connectivity index (χ1v) is 16.1. The first-order chi connectivity index (χ1) is 18.0. The van der Waals surface area contributed by atoms with Crippen LogP contribution in [0.1, 0.15) is 23.7 Å². The van der Waals surface area contributed by atoms with E-state index in [1.54, 1.807) is 37.4 Å². The van der Waals surface area contributed by atoms with Crippen LogP contribution in [0.4, 0.5) is 5.82 Å². The lowest BCUT2D eigenvalue weighted by molar-refractivity contribution is 0.102. The van der Waals surface area contributed by atoms with E-state index in [2.05, 4.69) is 10.4 Å². The minimum absolute atomic E-state index is 0.0829. The standard InChI is InChI=1S/C25H30N3O8PS/c1-4-34-37(2,30)17-28-11-9-24(27-28)26-25(29)18-13-21(15-22(14-18)36-20-10-12-33-16-20)35-19-5-7-23(8-6-19)38(3,31)32/h5-9,11,13-15,20H,4,10,12,16-17H2,1-3H3,(H,26,27,29)/t20?,37-/m0/s1. The smallest absolute Gasteiger partial charge is 0.257 e. The van der Waals surface area contributed by atoms with Gasteiger partial charge in [0.05, 0.1) is 24.7 Å². The number of nitrogens with zero attached hydrogens (tertiary/aromatic N) is 2. The molecule has 0 saturated carbocycles. The van der Waals surface area contributed by atoms with Gasteiger partial charge in [0.25, 0.3) is 5.91 Å². The Morgan fingerprint density at radius 1 is 1.16 bits per heavy atom. The van der Waals surface area contributed by atoms with Crippen molar-refractivity contribution in [2.24, 2.45) is 0 Å². The van der Waals surface area contributed by atoms with Crippen molar-refractivity contribution >= 4 is 28.9 Å². The number of benzene rings is 2. The molecule has 2 atom stereocenters. The summed E-state index contributed by atoms with van der Waals surface area (Å²) in [7, 11) is -6.20. The average molecular weight is 564 g/mol. The maximum atomic E-state index is 13.1. The van der Waals surface area contributed by atoms with Crippen molar-refractivity contribution < 1.29 is 36.5 Å². The molecule has 0 bridgehead atoms. The van der Waals surface area contributed by atoms with Gasteiger partial charge in [0.15, 0.2) is 15.7 Å². The highest BCUT2D eigenvalue weighted by Crippen LogP contribution is 2.43. The normalized spacial score (nSPS) is 17.1. The predicted molar refractivity (Wildman–Crippen MR) is 141 cm³/mol. The lowest BCUT2D eigenvalue weighted by atomic mass is 10.1. The van der Waals surface area contributed by atoms with Crippen LogP contribution in [0.2, 0.25) is 0 Å². The Labute approximate surface area is 221 Å². The fourth-order valence-corrected chi connectivity index (χ4v) is 5.73. The molecule has 1 amide bonds. The van der Waals surface area contributed by atoms with Crippen molar-refractivity contribution in [3.05, 3.63) is 60.3 Å². The fourth-order valence-electron chi connectivity index (χ4n) is 3.79. The van der Waals surface area contributed by atoms with Crippen molar-refractivity contribution in [3.63, 3.8) is 0 Å². The van der Waals surface area contributed by atoms with Gasteiger partial charge in [0, 0.05) is 43.2 Å². The Kier molecular flexibility index (Phi) is 8.57. The van der Waals surface area contributed by atoms with Crippen LogP contribution in [0.15, 0.2) is 59.6 Å². The van der Waals surface area contributed by atoms with Gasteiger partial charge in [-0.05, 0) is 43.3 Å². The first kappa shape index (κ1) is 27.8. The van der Waals surface area contributed by atoms with Gasteiger partial charge < -0.3 is 24.1 Å². The van der Waals surface area contributed by atoms with Crippen molar-refractivity contribution in [2.75, 3.05) is 38.1 Å². The molecule has 2 heterocycles. The van der Waals surface area contributed by atoms with Crippen LogP contribution in [-0.2, 0) is 29.9 Å². The Morgan fingerprint density at radius 2 is 1.89 bits per heavy atom. The summed E-state index contributed by atoms with van der Waals surface area (Å²) in [5.74, 6) is 0.964. The Bertz CT molecular complexity index is 1430. The summed E-state index contributed by atoms with van der Waals surface area (Å²) in [6, 6.07) is 12.4. The number of carbonyl (C=O) groups is 1. The number of hydrogen-bond donors (Lipinski definition) is 1. The number of aromatic nitrogens is 2. The summed E-state index contributed by atoms with van der Waals surface area (Å²) in [4.78, 5) is 13.3. The molecular formula is C25H30N3O8PS. The van der Waals surface area contributed by atoms with Gasteiger partial charge in [0.2, 0.25) is 7.37 Å². The first-order valence-electron chi connectivity index (χ1n) is 11.9. The highest BCUT2D eigenvalue weighted by molar-refractivity contribution is 7.90. The zero-order valence-electron chi connectivity index (χ0n) is 21.3. The second kappa shape index (κ2) is 11.7. The maximum Gasteiger partial charge on any atom is 0.257 e. The number of nitrogens with one attached hydrogen (secondary N) is 1. The predicted octanol–water partition coefficient (Wildman–Crippen LogP) is 4.40. The molecule has 1 aromatic heterocycles. The maximum absolute atomic E-state index is 13.1. The van der Waals surface area contributed by atoms with Crippen molar-refractivity contribution in [1.29, 1.82) is 0 Å². The lowest BCUT2D eigenvalue weighted by Crippen LogP contribution is -2.17. The van der Waals surface area contributed by atoms with Crippen LogP contribution in [0.25, 0.3) is 0 Å². The average Bonchev–Trinajstić information content (AvgIpc) is 3.50. The van der Waals surface area contributed by atoms with Crippen molar-refractivity contribution in [3.8, 4) is 17.2 Å². The van der Waals surface area contributed by atoms with E-state index in [1.165, 1.54) is 35.6 Å². The molecule has 1 unspecified atom stereocenters. The summed E-state index contributed by atoms with van der Waals surface area (Å²) in [5, 5.41) is 7.00. The molecule has 1 aliphatic rings. The summed E-state index contributed by atoms with van der Waals surface area (Å²) in [5.41, 5.74) is 0.259. The summed E-state index contributed by atoms with van der Waals surface area (Å²) >= 11 is 0. The van der Waals surface area contributed by atoms with Crippen LogP contribution >= 0.6 is 7.37 Å². The van der Waals surface area contributed by atoms with E-state index in [0.29, 0.717) is 37.1 Å². The SMILES string of the molecule is CCO[P@](C)(=O)Cn1ccc(NC(=O)c2cc(Oc3ccc(S(C)(=O)=O)cc3)cc(OC3CCOC3)c2)n1. The number of carbonyl (C=O) groups excluding carboxylic acids is 1. The van der Waals surface area contributed by atoms with Gasteiger partial charge in [-0.25, -0.2) is 8.42 Å². The molecule has 204 valence electrons. The van der Waals surface area contributed by atoms with Crippen molar-refractivity contribution in [1.82, 2.24) is 9.78 Å². The van der Waals surface area contributed by atoms with E-state index in [1.807, 2.05) is 0 Å². The third-order valence-corrected chi connectivity index (χ3v) is 8.24. The molecule has 0 radical (unpaired) electrons. The summed E-state index contributed by atoms with van der Waals surface area (Å²) < 4.78 is 60.0. The van der Waals surface area contributed by atoms with Gasteiger partial charge in [0.1, 0.15) is 29.6 Å². The number of ether oxygens (including phenoxy) is 3. The molecule has 1 aliphatic heterocycles. The molecule has 11 nitrogen and oxygen atoms in total. The van der Waals surface area contributed by atoms with E-state index in [4.69, 9.17) is 18.7 Å². The molecule has 1 saturated heterocycles. The minimum Gasteiger partial charge on any atom is -0.488 e. The molecule has 38 heavy (non-hydrogen) atoms. The summed E-state index contributed by atoms with van der Waals surface area (Å²) in [6.45, 7) is 4.67. The molecule has 1 fully saturated rings. The second-order valence-electron chi connectivity index (χ2n) is 8.91. The molecule has 2 aromatic carbocycles. The highest BCUT2D eigenvalue weighted by Gasteiger charge is 2.20. The van der Waals surface area contributed by atoms with Crippen LogP contribution in [-0.4, -0.2) is 63.0 Å². The van der Waals surface area contributed by atoms with Crippen LogP contribution in [0.3, 0.4) is 0 Å². The third-order valence-electron chi connectivity index (χ3n) is 5.51. The fraction of sp³-hybridized carbons (Fsp3) is 0.360. The Hall–Kier alpha value is -3.18. The number of anilines is 1. The van der Waals surface area contributed by atoms with Crippen molar-refractivity contribution in [2.45, 2.75) is 30.6 Å². The number of rotatable bonds is 11. The van der Waals surface area contributed by atoms with Gasteiger partial charge in [-0.3, -0.25) is 14.0 Å². The molecule has 0 spiro atoms. The van der Waals surface area contributed by atoms with E-state index < -0.39 is 23.1 Å².